The fraction of sp³-hybridized carbons (Fsp3) is 0.273. The van der Waals surface area contributed by atoms with Gasteiger partial charge < -0.3 is 4.74 Å². The zero-order valence-corrected chi connectivity index (χ0v) is 20.2. The second-order valence-electron chi connectivity index (χ2n) is 6.77. The van der Waals surface area contributed by atoms with E-state index in [1.54, 1.807) is 6.08 Å². The molecule has 0 saturated carbocycles. The van der Waals surface area contributed by atoms with Gasteiger partial charge in [0.25, 0.3) is 11.1 Å². The van der Waals surface area contributed by atoms with Crippen molar-refractivity contribution in [2.24, 2.45) is 0 Å². The number of aryl methyl sites for hydroxylation is 1. The summed E-state index contributed by atoms with van der Waals surface area (Å²) in [6.45, 7) is 5.01. The maximum atomic E-state index is 12.5. The van der Waals surface area contributed by atoms with Gasteiger partial charge in [-0.15, -0.1) is 0 Å². The first-order valence-corrected chi connectivity index (χ1v) is 11.7. The van der Waals surface area contributed by atoms with Crippen LogP contribution in [0.25, 0.3) is 6.08 Å². The van der Waals surface area contributed by atoms with E-state index < -0.39 is 0 Å². The number of hydrogen-bond donors (Lipinski definition) is 0. The average molecular weight is 539 g/mol. The minimum Gasteiger partial charge on any atom is -0.487 e. The molecule has 1 aliphatic heterocycles. The first-order chi connectivity index (χ1) is 13.9. The van der Waals surface area contributed by atoms with Crippen LogP contribution >= 0.6 is 43.6 Å². The van der Waals surface area contributed by atoms with Crippen LogP contribution in [0, 0.1) is 6.92 Å². The molecular formula is C22H21Br2NO3S. The molecule has 0 radical (unpaired) electrons. The van der Waals surface area contributed by atoms with Gasteiger partial charge in [0.15, 0.2) is 0 Å². The lowest BCUT2D eigenvalue weighted by Gasteiger charge is -2.12. The van der Waals surface area contributed by atoms with Gasteiger partial charge in [0, 0.05) is 6.54 Å². The molecule has 0 bridgehead atoms. The molecule has 0 atom stereocenters. The highest BCUT2D eigenvalue weighted by atomic mass is 79.9. The van der Waals surface area contributed by atoms with E-state index in [2.05, 4.69) is 50.9 Å². The standard InChI is InChI=1S/C22H21Br2NO3S/c1-3-4-9-25-21(26)19(29-22(25)27)12-16-10-17(23)20(18(24)11-16)28-13-15-7-5-14(2)6-8-15/h5-8,10-12H,3-4,9,13H2,1-2H3/b19-12-. The number of carbonyl (C=O) groups is 2. The molecule has 2 aromatic carbocycles. The lowest BCUT2D eigenvalue weighted by Crippen LogP contribution is -2.29. The molecule has 1 saturated heterocycles. The zero-order chi connectivity index (χ0) is 21.0. The predicted molar refractivity (Wildman–Crippen MR) is 125 cm³/mol. The molecule has 29 heavy (non-hydrogen) atoms. The van der Waals surface area contributed by atoms with E-state index >= 15 is 0 Å². The zero-order valence-electron chi connectivity index (χ0n) is 16.2. The third-order valence-corrected chi connectivity index (χ3v) is 6.52. The molecule has 0 aliphatic carbocycles. The second kappa shape index (κ2) is 9.96. The van der Waals surface area contributed by atoms with Crippen LogP contribution in [0.2, 0.25) is 0 Å². The van der Waals surface area contributed by atoms with E-state index in [1.807, 2.05) is 31.2 Å². The number of imide groups is 1. The van der Waals surface area contributed by atoms with E-state index in [0.29, 0.717) is 23.8 Å². The Morgan fingerprint density at radius 3 is 2.38 bits per heavy atom. The molecule has 0 spiro atoms. The molecule has 3 rings (SSSR count). The Balaban J connectivity index is 1.75. The molecule has 1 fully saturated rings. The molecule has 152 valence electrons. The van der Waals surface area contributed by atoms with Gasteiger partial charge in [0.05, 0.1) is 13.9 Å². The number of unbranched alkanes of at least 4 members (excludes halogenated alkanes) is 1. The number of ether oxygens (including phenoxy) is 1. The summed E-state index contributed by atoms with van der Waals surface area (Å²) in [6.07, 6.45) is 3.50. The van der Waals surface area contributed by atoms with Crippen LogP contribution < -0.4 is 4.74 Å². The first-order valence-electron chi connectivity index (χ1n) is 9.31. The van der Waals surface area contributed by atoms with Gasteiger partial charge in [-0.1, -0.05) is 43.2 Å². The third kappa shape index (κ3) is 5.53. The van der Waals surface area contributed by atoms with Crippen molar-refractivity contribution in [3.05, 3.63) is 66.9 Å². The van der Waals surface area contributed by atoms with Crippen LogP contribution in [0.1, 0.15) is 36.5 Å². The molecule has 0 unspecified atom stereocenters. The summed E-state index contributed by atoms with van der Waals surface area (Å²) in [6, 6.07) is 12.0. The number of nitrogens with zero attached hydrogens (tertiary/aromatic N) is 1. The highest BCUT2D eigenvalue weighted by Gasteiger charge is 2.34. The summed E-state index contributed by atoms with van der Waals surface area (Å²) in [4.78, 5) is 26.4. The minimum absolute atomic E-state index is 0.203. The Kier molecular flexibility index (Phi) is 7.60. The average Bonchev–Trinajstić information content (AvgIpc) is 2.94. The Morgan fingerprint density at radius 2 is 1.76 bits per heavy atom. The van der Waals surface area contributed by atoms with Gasteiger partial charge in [0.1, 0.15) is 12.4 Å². The summed E-state index contributed by atoms with van der Waals surface area (Å²) in [5.41, 5.74) is 3.10. The number of benzene rings is 2. The van der Waals surface area contributed by atoms with Crippen LogP contribution in [0.5, 0.6) is 5.75 Å². The van der Waals surface area contributed by atoms with Gasteiger partial charge in [-0.25, -0.2) is 0 Å². The van der Waals surface area contributed by atoms with Gasteiger partial charge in [-0.3, -0.25) is 14.5 Å². The van der Waals surface area contributed by atoms with Gasteiger partial charge >= 0.3 is 0 Å². The molecule has 0 N–H and O–H groups in total. The number of hydrogen-bond acceptors (Lipinski definition) is 4. The van der Waals surface area contributed by atoms with Crippen LogP contribution in [0.4, 0.5) is 4.79 Å². The summed E-state index contributed by atoms with van der Waals surface area (Å²) in [7, 11) is 0. The molecule has 0 aromatic heterocycles. The fourth-order valence-corrected chi connectivity index (χ4v) is 5.12. The molecule has 1 aliphatic rings. The summed E-state index contributed by atoms with van der Waals surface area (Å²) in [5.74, 6) is 0.471. The van der Waals surface area contributed by atoms with Crippen molar-refractivity contribution in [2.45, 2.75) is 33.3 Å². The van der Waals surface area contributed by atoms with E-state index in [9.17, 15) is 9.59 Å². The van der Waals surface area contributed by atoms with Crippen LogP contribution in [-0.2, 0) is 11.4 Å². The topological polar surface area (TPSA) is 46.6 Å². The van der Waals surface area contributed by atoms with Crippen LogP contribution in [0.3, 0.4) is 0 Å². The Labute approximate surface area is 191 Å². The lowest BCUT2D eigenvalue weighted by atomic mass is 10.1. The number of carbonyl (C=O) groups excluding carboxylic acids is 2. The van der Waals surface area contributed by atoms with Crippen molar-refractivity contribution >= 4 is 60.8 Å². The van der Waals surface area contributed by atoms with Crippen molar-refractivity contribution in [3.8, 4) is 5.75 Å². The number of thioether (sulfide) groups is 1. The predicted octanol–water partition coefficient (Wildman–Crippen LogP) is 6.94. The summed E-state index contributed by atoms with van der Waals surface area (Å²) < 4.78 is 7.52. The SMILES string of the molecule is CCCCN1C(=O)S/C(=C\c2cc(Br)c(OCc3ccc(C)cc3)c(Br)c2)C1=O. The number of halogens is 2. The lowest BCUT2D eigenvalue weighted by molar-refractivity contribution is -0.122. The van der Waals surface area contributed by atoms with E-state index in [-0.39, 0.29) is 11.1 Å². The maximum Gasteiger partial charge on any atom is 0.293 e. The Bertz CT molecular complexity index is 934. The second-order valence-corrected chi connectivity index (χ2v) is 9.48. The Morgan fingerprint density at radius 1 is 1.10 bits per heavy atom. The summed E-state index contributed by atoms with van der Waals surface area (Å²) >= 11 is 8.09. The quantitative estimate of drug-likeness (QED) is 0.358. The molecule has 1 heterocycles. The molecule has 2 aromatic rings. The van der Waals surface area contributed by atoms with Crippen molar-refractivity contribution in [1.82, 2.24) is 4.90 Å². The normalized spacial score (nSPS) is 15.4. The fourth-order valence-electron chi connectivity index (χ4n) is 2.80. The first kappa shape index (κ1) is 22.1. The van der Waals surface area contributed by atoms with Gasteiger partial charge in [0.2, 0.25) is 0 Å². The smallest absolute Gasteiger partial charge is 0.293 e. The van der Waals surface area contributed by atoms with Crippen LogP contribution in [-0.4, -0.2) is 22.6 Å². The van der Waals surface area contributed by atoms with Crippen LogP contribution in [0.15, 0.2) is 50.2 Å². The summed E-state index contributed by atoms with van der Waals surface area (Å²) in [5, 5.41) is -0.203. The minimum atomic E-state index is -0.222. The molecule has 7 heteroatoms. The van der Waals surface area contributed by atoms with Gasteiger partial charge in [-0.05, 0) is 86.3 Å². The third-order valence-electron chi connectivity index (χ3n) is 4.43. The number of amides is 2. The van der Waals surface area contributed by atoms with Gasteiger partial charge in [-0.2, -0.15) is 0 Å². The number of rotatable bonds is 7. The van der Waals surface area contributed by atoms with E-state index in [0.717, 1.165) is 44.7 Å². The van der Waals surface area contributed by atoms with Crippen molar-refractivity contribution < 1.29 is 14.3 Å². The maximum absolute atomic E-state index is 12.5. The largest absolute Gasteiger partial charge is 0.487 e. The van der Waals surface area contributed by atoms with Crippen molar-refractivity contribution in [1.29, 1.82) is 0 Å². The monoisotopic (exact) mass is 537 g/mol. The molecule has 2 amide bonds. The van der Waals surface area contributed by atoms with Crippen molar-refractivity contribution in [3.63, 3.8) is 0 Å². The highest BCUT2D eigenvalue weighted by molar-refractivity contribution is 9.11. The highest BCUT2D eigenvalue weighted by Crippen LogP contribution is 2.38. The molecule has 4 nitrogen and oxygen atoms in total. The van der Waals surface area contributed by atoms with E-state index in [1.165, 1.54) is 10.5 Å². The van der Waals surface area contributed by atoms with Crippen molar-refractivity contribution in [2.75, 3.05) is 6.54 Å². The Hall–Kier alpha value is -1.57. The molecular weight excluding hydrogens is 518 g/mol. The van der Waals surface area contributed by atoms with E-state index in [4.69, 9.17) is 4.74 Å².